The Balaban J connectivity index is 1.63. The number of hydrogen-bond acceptors (Lipinski definition) is 3. The molecule has 1 aromatic carbocycles. The summed E-state index contributed by atoms with van der Waals surface area (Å²) >= 11 is 0. The number of piperidine rings is 1. The van der Waals surface area contributed by atoms with Crippen molar-refractivity contribution in [2.75, 3.05) is 32.8 Å². The van der Waals surface area contributed by atoms with Crippen molar-refractivity contribution in [1.82, 2.24) is 10.2 Å². The highest BCUT2D eigenvalue weighted by atomic mass is 16.5. The molecule has 118 valence electrons. The lowest BCUT2D eigenvalue weighted by Crippen LogP contribution is -2.36. The number of likely N-dealkylation sites (tertiary alicyclic amines) is 1. The molecule has 1 saturated heterocycles. The zero-order valence-corrected chi connectivity index (χ0v) is 13.6. The van der Waals surface area contributed by atoms with Crippen LogP contribution in [0, 0.1) is 5.92 Å². The molecule has 1 N–H and O–H groups in total. The second kappa shape index (κ2) is 9.06. The van der Waals surface area contributed by atoms with Gasteiger partial charge in [0.1, 0.15) is 5.75 Å². The molecule has 0 radical (unpaired) electrons. The summed E-state index contributed by atoms with van der Waals surface area (Å²) in [6, 6.07) is 8.40. The van der Waals surface area contributed by atoms with Crippen molar-refractivity contribution in [3.63, 3.8) is 0 Å². The summed E-state index contributed by atoms with van der Waals surface area (Å²) in [5.74, 6) is 1.67. The first-order valence-corrected chi connectivity index (χ1v) is 8.42. The normalized spacial score (nSPS) is 17.6. The lowest BCUT2D eigenvalue weighted by atomic mass is 10.1. The maximum atomic E-state index is 5.46. The van der Waals surface area contributed by atoms with Gasteiger partial charge in [-0.05, 0) is 63.0 Å². The fourth-order valence-electron chi connectivity index (χ4n) is 2.98. The van der Waals surface area contributed by atoms with Crippen LogP contribution in [0.15, 0.2) is 24.3 Å². The number of ether oxygens (including phenoxy) is 1. The molecule has 1 unspecified atom stereocenters. The predicted octanol–water partition coefficient (Wildman–Crippen LogP) is 3.30. The molecule has 0 aromatic heterocycles. The molecule has 0 bridgehead atoms. The second-order valence-electron chi connectivity index (χ2n) is 6.17. The summed E-state index contributed by atoms with van der Waals surface area (Å²) in [6.07, 6.45) is 4.18. The molecule has 1 heterocycles. The van der Waals surface area contributed by atoms with Crippen LogP contribution in [0.2, 0.25) is 0 Å². The standard InChI is InChI=1S/C18H30N2O/c1-3-21-18-9-7-17(8-10-18)14-19-13-16(2)15-20-11-5-4-6-12-20/h7-10,16,19H,3-6,11-15H2,1-2H3. The van der Waals surface area contributed by atoms with E-state index in [0.29, 0.717) is 5.92 Å². The fourth-order valence-corrected chi connectivity index (χ4v) is 2.98. The van der Waals surface area contributed by atoms with Crippen LogP contribution in [0.25, 0.3) is 0 Å². The zero-order valence-electron chi connectivity index (χ0n) is 13.6. The fraction of sp³-hybridized carbons (Fsp3) is 0.667. The quantitative estimate of drug-likeness (QED) is 0.795. The number of benzene rings is 1. The lowest BCUT2D eigenvalue weighted by Gasteiger charge is -2.29. The topological polar surface area (TPSA) is 24.5 Å². The third kappa shape index (κ3) is 6.06. The van der Waals surface area contributed by atoms with Crippen LogP contribution in [0.4, 0.5) is 0 Å². The molecule has 0 saturated carbocycles. The van der Waals surface area contributed by atoms with Gasteiger partial charge in [-0.15, -0.1) is 0 Å². The van der Waals surface area contributed by atoms with Crippen LogP contribution in [0.5, 0.6) is 5.75 Å². The van der Waals surface area contributed by atoms with Crippen LogP contribution >= 0.6 is 0 Å². The van der Waals surface area contributed by atoms with Gasteiger partial charge in [0.2, 0.25) is 0 Å². The third-order valence-electron chi connectivity index (χ3n) is 4.07. The van der Waals surface area contributed by atoms with E-state index in [9.17, 15) is 0 Å². The van der Waals surface area contributed by atoms with E-state index in [0.717, 1.165) is 25.4 Å². The molecule has 2 rings (SSSR count). The Morgan fingerprint density at radius 2 is 1.86 bits per heavy atom. The molecular formula is C18H30N2O. The van der Waals surface area contributed by atoms with Crippen molar-refractivity contribution in [2.45, 2.75) is 39.7 Å². The van der Waals surface area contributed by atoms with Crippen molar-refractivity contribution < 1.29 is 4.74 Å². The minimum atomic E-state index is 0.714. The van der Waals surface area contributed by atoms with Gasteiger partial charge < -0.3 is 15.0 Å². The first-order chi connectivity index (χ1) is 10.3. The summed E-state index contributed by atoms with van der Waals surface area (Å²) in [5.41, 5.74) is 1.32. The first kappa shape index (κ1) is 16.3. The minimum absolute atomic E-state index is 0.714. The van der Waals surface area contributed by atoms with E-state index in [4.69, 9.17) is 4.74 Å². The van der Waals surface area contributed by atoms with E-state index >= 15 is 0 Å². The third-order valence-corrected chi connectivity index (χ3v) is 4.07. The molecule has 0 spiro atoms. The largest absolute Gasteiger partial charge is 0.494 e. The van der Waals surface area contributed by atoms with Crippen LogP contribution in [-0.4, -0.2) is 37.7 Å². The monoisotopic (exact) mass is 290 g/mol. The summed E-state index contributed by atoms with van der Waals surface area (Å²) in [5, 5.41) is 3.58. The van der Waals surface area contributed by atoms with Gasteiger partial charge in [0.25, 0.3) is 0 Å². The highest BCUT2D eigenvalue weighted by molar-refractivity contribution is 5.27. The average molecular weight is 290 g/mol. The SMILES string of the molecule is CCOc1ccc(CNCC(C)CN2CCCCC2)cc1. The lowest BCUT2D eigenvalue weighted by molar-refractivity contribution is 0.199. The molecule has 1 aromatic rings. The Morgan fingerprint density at radius 1 is 1.14 bits per heavy atom. The number of rotatable bonds is 8. The van der Waals surface area contributed by atoms with E-state index in [-0.39, 0.29) is 0 Å². The van der Waals surface area contributed by atoms with Gasteiger partial charge in [-0.25, -0.2) is 0 Å². The molecule has 0 amide bonds. The van der Waals surface area contributed by atoms with E-state index in [2.05, 4.69) is 41.4 Å². The van der Waals surface area contributed by atoms with Crippen molar-refractivity contribution in [3.8, 4) is 5.75 Å². The van der Waals surface area contributed by atoms with Gasteiger partial charge in [-0.2, -0.15) is 0 Å². The Kier molecular flexibility index (Phi) is 7.04. The average Bonchev–Trinajstić information content (AvgIpc) is 2.50. The molecular weight excluding hydrogens is 260 g/mol. The zero-order chi connectivity index (χ0) is 14.9. The van der Waals surface area contributed by atoms with Crippen LogP contribution in [-0.2, 0) is 6.54 Å². The Morgan fingerprint density at radius 3 is 2.52 bits per heavy atom. The number of nitrogens with zero attached hydrogens (tertiary/aromatic N) is 1. The summed E-state index contributed by atoms with van der Waals surface area (Å²) in [4.78, 5) is 2.62. The Bertz CT molecular complexity index is 385. The van der Waals surface area contributed by atoms with E-state index in [1.807, 2.05) is 6.92 Å². The number of nitrogens with one attached hydrogen (secondary N) is 1. The minimum Gasteiger partial charge on any atom is -0.494 e. The molecule has 1 atom stereocenters. The van der Waals surface area contributed by atoms with Gasteiger partial charge in [0.15, 0.2) is 0 Å². The summed E-state index contributed by atoms with van der Waals surface area (Å²) in [7, 11) is 0. The Hall–Kier alpha value is -1.06. The molecule has 3 heteroatoms. The molecule has 1 aliphatic heterocycles. The van der Waals surface area contributed by atoms with Crippen molar-refractivity contribution in [2.24, 2.45) is 5.92 Å². The predicted molar refractivity (Wildman–Crippen MR) is 88.8 cm³/mol. The highest BCUT2D eigenvalue weighted by Gasteiger charge is 2.12. The van der Waals surface area contributed by atoms with E-state index in [1.54, 1.807) is 0 Å². The Labute approximate surface area is 129 Å². The van der Waals surface area contributed by atoms with Crippen LogP contribution in [0.3, 0.4) is 0 Å². The van der Waals surface area contributed by atoms with Crippen LogP contribution < -0.4 is 10.1 Å². The van der Waals surface area contributed by atoms with Crippen molar-refractivity contribution in [3.05, 3.63) is 29.8 Å². The molecule has 21 heavy (non-hydrogen) atoms. The maximum absolute atomic E-state index is 5.46. The smallest absolute Gasteiger partial charge is 0.119 e. The summed E-state index contributed by atoms with van der Waals surface area (Å²) in [6.45, 7) is 10.9. The molecule has 0 aliphatic carbocycles. The van der Waals surface area contributed by atoms with Gasteiger partial charge in [0, 0.05) is 13.1 Å². The van der Waals surface area contributed by atoms with Gasteiger partial charge in [-0.1, -0.05) is 25.5 Å². The van der Waals surface area contributed by atoms with Gasteiger partial charge >= 0.3 is 0 Å². The second-order valence-corrected chi connectivity index (χ2v) is 6.17. The first-order valence-electron chi connectivity index (χ1n) is 8.42. The van der Waals surface area contributed by atoms with Gasteiger partial charge in [0.05, 0.1) is 6.61 Å². The van der Waals surface area contributed by atoms with Crippen molar-refractivity contribution in [1.29, 1.82) is 0 Å². The molecule has 1 aliphatic rings. The highest BCUT2D eigenvalue weighted by Crippen LogP contribution is 2.13. The number of hydrogen-bond donors (Lipinski definition) is 1. The van der Waals surface area contributed by atoms with E-state index < -0.39 is 0 Å². The van der Waals surface area contributed by atoms with E-state index in [1.165, 1.54) is 44.5 Å². The molecule has 1 fully saturated rings. The van der Waals surface area contributed by atoms with Gasteiger partial charge in [-0.3, -0.25) is 0 Å². The van der Waals surface area contributed by atoms with Crippen molar-refractivity contribution >= 4 is 0 Å². The van der Waals surface area contributed by atoms with Crippen LogP contribution in [0.1, 0.15) is 38.7 Å². The summed E-state index contributed by atoms with van der Waals surface area (Å²) < 4.78 is 5.46. The molecule has 3 nitrogen and oxygen atoms in total. The maximum Gasteiger partial charge on any atom is 0.119 e.